The van der Waals surface area contributed by atoms with Gasteiger partial charge in [0, 0.05) is 34.9 Å². The van der Waals surface area contributed by atoms with Gasteiger partial charge in [0.25, 0.3) is 0 Å². The summed E-state index contributed by atoms with van der Waals surface area (Å²) in [6.07, 6.45) is 8.47. The summed E-state index contributed by atoms with van der Waals surface area (Å²) in [6, 6.07) is 7.08. The van der Waals surface area contributed by atoms with Crippen molar-refractivity contribution < 1.29 is 0 Å². The first-order valence-corrected chi connectivity index (χ1v) is 10.5. The van der Waals surface area contributed by atoms with E-state index in [1.165, 1.54) is 54.8 Å². The third kappa shape index (κ3) is 4.92. The summed E-state index contributed by atoms with van der Waals surface area (Å²) < 4.78 is 0. The zero-order chi connectivity index (χ0) is 19.6. The Morgan fingerprint density at radius 3 is 2.44 bits per heavy atom. The minimum atomic E-state index is -0.0492. The summed E-state index contributed by atoms with van der Waals surface area (Å²) in [7, 11) is 0. The number of nitrogens with one attached hydrogen (secondary N) is 2. The average molecular weight is 369 g/mol. The Hall–Kier alpha value is -1.81. The van der Waals surface area contributed by atoms with Crippen molar-refractivity contribution in [3.05, 3.63) is 30.0 Å². The molecule has 2 aliphatic rings. The van der Waals surface area contributed by atoms with Crippen LogP contribution in [0.15, 0.2) is 29.4 Å². The van der Waals surface area contributed by atoms with E-state index < -0.39 is 0 Å². The summed E-state index contributed by atoms with van der Waals surface area (Å²) in [5, 5.41) is 5.84. The maximum absolute atomic E-state index is 5.00. The van der Waals surface area contributed by atoms with Crippen LogP contribution in [0.5, 0.6) is 0 Å². The number of anilines is 2. The molecular formula is C23H36N4. The van der Waals surface area contributed by atoms with Crippen molar-refractivity contribution in [2.24, 2.45) is 10.9 Å². The van der Waals surface area contributed by atoms with Crippen LogP contribution in [0, 0.1) is 5.92 Å². The van der Waals surface area contributed by atoms with E-state index in [2.05, 4.69) is 81.7 Å². The lowest BCUT2D eigenvalue weighted by atomic mass is 9.88. The highest BCUT2D eigenvalue weighted by molar-refractivity contribution is 6.03. The number of hydrogen-bond acceptors (Lipinski definition) is 4. The first kappa shape index (κ1) is 19.9. The molecule has 2 N–H and O–H groups in total. The van der Waals surface area contributed by atoms with Crippen LogP contribution in [0.4, 0.5) is 11.4 Å². The Labute approximate surface area is 165 Å². The number of allylic oxidation sites excluding steroid dienone is 1. The fourth-order valence-electron chi connectivity index (χ4n) is 3.99. The van der Waals surface area contributed by atoms with Gasteiger partial charge in [-0.3, -0.25) is 5.01 Å². The third-order valence-electron chi connectivity index (χ3n) is 5.16. The number of aliphatic imine (C=N–C) groups is 1. The standard InChI is InChI=1S/C23H36N4/c1-16(2)25-19-12-13-20-17(3)15-24-22(18-10-8-7-9-11-18)27(21(20)14-19)26-23(4,5)6/h12-16,18,25-26H,7-11H2,1-6H3. The van der Waals surface area contributed by atoms with Crippen LogP contribution >= 0.6 is 0 Å². The molecule has 0 bridgehead atoms. The quantitative estimate of drug-likeness (QED) is 0.688. The van der Waals surface area contributed by atoms with E-state index >= 15 is 0 Å². The molecule has 1 aromatic rings. The highest BCUT2D eigenvalue weighted by Crippen LogP contribution is 2.36. The van der Waals surface area contributed by atoms with Gasteiger partial charge in [0.05, 0.1) is 5.69 Å². The van der Waals surface area contributed by atoms with Crippen LogP contribution in [0.2, 0.25) is 0 Å². The van der Waals surface area contributed by atoms with E-state index in [-0.39, 0.29) is 5.54 Å². The molecule has 0 aromatic heterocycles. The molecule has 0 amide bonds. The Kier molecular flexibility index (Phi) is 5.95. The van der Waals surface area contributed by atoms with Gasteiger partial charge in [-0.1, -0.05) is 25.3 Å². The molecule has 0 saturated heterocycles. The topological polar surface area (TPSA) is 39.7 Å². The van der Waals surface area contributed by atoms with Crippen LogP contribution in [0.25, 0.3) is 5.57 Å². The van der Waals surface area contributed by atoms with Crippen LogP contribution in [-0.2, 0) is 0 Å². The van der Waals surface area contributed by atoms with E-state index in [9.17, 15) is 0 Å². The van der Waals surface area contributed by atoms with Gasteiger partial charge < -0.3 is 5.32 Å². The molecule has 1 saturated carbocycles. The minimum absolute atomic E-state index is 0.0492. The lowest BCUT2D eigenvalue weighted by Gasteiger charge is -2.38. The van der Waals surface area contributed by atoms with E-state index in [1.54, 1.807) is 0 Å². The van der Waals surface area contributed by atoms with Crippen molar-refractivity contribution in [2.45, 2.75) is 85.2 Å². The van der Waals surface area contributed by atoms with Crippen LogP contribution in [-0.4, -0.2) is 17.4 Å². The zero-order valence-electron chi connectivity index (χ0n) is 17.9. The van der Waals surface area contributed by atoms with Crippen molar-refractivity contribution in [3.63, 3.8) is 0 Å². The highest BCUT2D eigenvalue weighted by atomic mass is 15.6. The molecular weight excluding hydrogens is 332 g/mol. The summed E-state index contributed by atoms with van der Waals surface area (Å²) in [5.74, 6) is 1.69. The summed E-state index contributed by atoms with van der Waals surface area (Å²) in [4.78, 5) is 5.00. The van der Waals surface area contributed by atoms with E-state index in [0.717, 1.165) is 5.69 Å². The molecule has 0 radical (unpaired) electrons. The molecule has 1 aliphatic carbocycles. The fraction of sp³-hybridized carbons (Fsp3) is 0.609. The molecule has 1 heterocycles. The third-order valence-corrected chi connectivity index (χ3v) is 5.16. The Morgan fingerprint density at radius 1 is 1.11 bits per heavy atom. The summed E-state index contributed by atoms with van der Waals surface area (Å²) >= 11 is 0. The number of benzene rings is 1. The normalized spacial score (nSPS) is 18.7. The molecule has 148 valence electrons. The number of hydrogen-bond donors (Lipinski definition) is 2. The number of nitrogens with zero attached hydrogens (tertiary/aromatic N) is 2. The predicted molar refractivity (Wildman–Crippen MR) is 118 cm³/mol. The van der Waals surface area contributed by atoms with E-state index in [4.69, 9.17) is 4.99 Å². The first-order chi connectivity index (χ1) is 12.7. The smallest absolute Gasteiger partial charge is 0.126 e. The first-order valence-electron chi connectivity index (χ1n) is 10.5. The molecule has 4 nitrogen and oxygen atoms in total. The van der Waals surface area contributed by atoms with Crippen LogP contribution < -0.4 is 15.8 Å². The molecule has 1 fully saturated rings. The van der Waals surface area contributed by atoms with Gasteiger partial charge in [0.15, 0.2) is 0 Å². The van der Waals surface area contributed by atoms with Crippen molar-refractivity contribution in [1.29, 1.82) is 0 Å². The van der Waals surface area contributed by atoms with Gasteiger partial charge in [-0.05, 0) is 72.1 Å². The predicted octanol–water partition coefficient (Wildman–Crippen LogP) is 5.97. The van der Waals surface area contributed by atoms with Gasteiger partial charge in [0.1, 0.15) is 5.84 Å². The van der Waals surface area contributed by atoms with Crippen molar-refractivity contribution in [1.82, 2.24) is 5.43 Å². The Balaban J connectivity index is 2.07. The molecule has 0 spiro atoms. The lowest BCUT2D eigenvalue weighted by molar-refractivity contribution is 0.406. The van der Waals surface area contributed by atoms with Crippen molar-refractivity contribution in [2.75, 3.05) is 10.3 Å². The second-order valence-electron chi connectivity index (χ2n) is 9.36. The number of fused-ring (bicyclic) bond motifs is 1. The van der Waals surface area contributed by atoms with Crippen molar-refractivity contribution in [3.8, 4) is 0 Å². The summed E-state index contributed by atoms with van der Waals surface area (Å²) in [6.45, 7) is 13.2. The number of amidine groups is 1. The van der Waals surface area contributed by atoms with Gasteiger partial charge in [0.2, 0.25) is 0 Å². The number of rotatable bonds is 4. The SMILES string of the molecule is CC1=CN=C(C2CCCCC2)N(NC(C)(C)C)c2cc(NC(C)C)ccc21. The lowest BCUT2D eigenvalue weighted by Crippen LogP contribution is -2.54. The molecule has 27 heavy (non-hydrogen) atoms. The van der Waals surface area contributed by atoms with Gasteiger partial charge >= 0.3 is 0 Å². The Morgan fingerprint density at radius 2 is 1.81 bits per heavy atom. The fourth-order valence-corrected chi connectivity index (χ4v) is 3.99. The number of hydrazine groups is 1. The monoisotopic (exact) mass is 368 g/mol. The van der Waals surface area contributed by atoms with Gasteiger partial charge in [-0.15, -0.1) is 0 Å². The molecule has 1 aromatic carbocycles. The van der Waals surface area contributed by atoms with E-state index in [1.807, 2.05) is 0 Å². The molecule has 0 atom stereocenters. The zero-order valence-corrected chi connectivity index (χ0v) is 17.9. The Bertz CT molecular complexity index is 718. The molecule has 0 unspecified atom stereocenters. The van der Waals surface area contributed by atoms with Crippen LogP contribution in [0.3, 0.4) is 0 Å². The highest BCUT2D eigenvalue weighted by Gasteiger charge is 2.30. The maximum Gasteiger partial charge on any atom is 0.126 e. The average Bonchev–Trinajstić information content (AvgIpc) is 2.72. The van der Waals surface area contributed by atoms with E-state index in [0.29, 0.717) is 12.0 Å². The van der Waals surface area contributed by atoms with Crippen molar-refractivity contribution >= 4 is 22.8 Å². The second-order valence-corrected chi connectivity index (χ2v) is 9.36. The van der Waals surface area contributed by atoms with Gasteiger partial charge in [-0.25, -0.2) is 10.4 Å². The second kappa shape index (κ2) is 8.05. The molecule has 3 rings (SSSR count). The summed E-state index contributed by atoms with van der Waals surface area (Å²) in [5.41, 5.74) is 8.51. The van der Waals surface area contributed by atoms with Gasteiger partial charge in [-0.2, -0.15) is 0 Å². The maximum atomic E-state index is 5.00. The van der Waals surface area contributed by atoms with Crippen LogP contribution in [0.1, 0.15) is 79.2 Å². The minimum Gasteiger partial charge on any atom is -0.383 e. The largest absolute Gasteiger partial charge is 0.383 e. The molecule has 1 aliphatic heterocycles. The molecule has 4 heteroatoms.